The van der Waals surface area contributed by atoms with Crippen LogP contribution in [0.2, 0.25) is 0 Å². The van der Waals surface area contributed by atoms with E-state index in [9.17, 15) is 0 Å². The van der Waals surface area contributed by atoms with E-state index in [1.54, 1.807) is 32.1 Å². The van der Waals surface area contributed by atoms with Crippen molar-refractivity contribution in [1.29, 1.82) is 0 Å². The number of piperazine rings is 1. The summed E-state index contributed by atoms with van der Waals surface area (Å²) in [6.45, 7) is 6.00. The molecule has 2 aliphatic heterocycles. The van der Waals surface area contributed by atoms with Gasteiger partial charge in [0.2, 0.25) is 0 Å². The smallest absolute Gasteiger partial charge is 0.143 e. The molecule has 0 radical (unpaired) electrons. The van der Waals surface area contributed by atoms with Crippen LogP contribution in [0.25, 0.3) is 0 Å². The molecule has 4 rings (SSSR count). The van der Waals surface area contributed by atoms with Crippen LogP contribution < -0.4 is 9.80 Å². The summed E-state index contributed by atoms with van der Waals surface area (Å²) in [5.41, 5.74) is 0. The van der Waals surface area contributed by atoms with Crippen LogP contribution in [0, 0.1) is 11.8 Å². The fourth-order valence-electron chi connectivity index (χ4n) is 6.61. The number of hydrogen-bond donors (Lipinski definition) is 2. The van der Waals surface area contributed by atoms with Crippen molar-refractivity contribution in [3.63, 3.8) is 0 Å². The lowest BCUT2D eigenvalue weighted by Crippen LogP contribution is -3.33. The Labute approximate surface area is 137 Å². The molecule has 2 unspecified atom stereocenters. The Morgan fingerprint density at radius 3 is 2.14 bits per heavy atom. The maximum atomic E-state index is 2.06. The van der Waals surface area contributed by atoms with Gasteiger partial charge in [-0.1, -0.05) is 38.5 Å². The maximum absolute atomic E-state index is 2.06. The van der Waals surface area contributed by atoms with E-state index >= 15 is 0 Å². The molecule has 0 aromatic carbocycles. The van der Waals surface area contributed by atoms with Crippen molar-refractivity contribution >= 4 is 0 Å². The lowest BCUT2D eigenvalue weighted by molar-refractivity contribution is -1.04. The summed E-state index contributed by atoms with van der Waals surface area (Å²) in [5.74, 6) is 2.14. The largest absolute Gasteiger partial charge is 0.323 e. The van der Waals surface area contributed by atoms with Gasteiger partial charge in [0.25, 0.3) is 0 Å². The lowest BCUT2D eigenvalue weighted by Gasteiger charge is -2.45. The molecule has 4 fully saturated rings. The molecule has 0 aromatic rings. The first-order valence-corrected chi connectivity index (χ1v) is 10.6. The first-order valence-electron chi connectivity index (χ1n) is 10.6. The fourth-order valence-corrected chi connectivity index (χ4v) is 6.61. The number of fused-ring (bicyclic) bond motifs is 1. The molecule has 0 spiro atoms. The van der Waals surface area contributed by atoms with Crippen molar-refractivity contribution in [1.82, 2.24) is 0 Å². The molecule has 4 atom stereocenters. The molecule has 0 aromatic heterocycles. The van der Waals surface area contributed by atoms with Gasteiger partial charge < -0.3 is 9.80 Å². The van der Waals surface area contributed by atoms with Crippen LogP contribution in [-0.2, 0) is 0 Å². The van der Waals surface area contributed by atoms with Gasteiger partial charge in [-0.25, -0.2) is 0 Å². The van der Waals surface area contributed by atoms with E-state index in [2.05, 4.69) is 4.90 Å². The normalized spacial score (nSPS) is 41.5. The monoisotopic (exact) mass is 306 g/mol. The molecule has 2 saturated heterocycles. The van der Waals surface area contributed by atoms with Crippen molar-refractivity contribution in [2.24, 2.45) is 11.8 Å². The van der Waals surface area contributed by atoms with E-state index in [1.807, 2.05) is 4.90 Å². The Kier molecular flexibility index (Phi) is 5.07. The zero-order chi connectivity index (χ0) is 14.8. The zero-order valence-corrected chi connectivity index (χ0v) is 14.6. The van der Waals surface area contributed by atoms with E-state index in [0.29, 0.717) is 0 Å². The van der Waals surface area contributed by atoms with E-state index in [1.165, 1.54) is 71.1 Å². The Morgan fingerprint density at radius 1 is 0.636 bits per heavy atom. The van der Waals surface area contributed by atoms with Crippen LogP contribution in [-0.4, -0.2) is 38.3 Å². The molecule has 2 heteroatoms. The van der Waals surface area contributed by atoms with E-state index < -0.39 is 0 Å². The van der Waals surface area contributed by atoms with Gasteiger partial charge in [-0.05, 0) is 25.7 Å². The molecule has 2 aliphatic carbocycles. The van der Waals surface area contributed by atoms with E-state index in [0.717, 1.165) is 23.9 Å². The molecule has 2 saturated carbocycles. The average Bonchev–Trinajstić information content (AvgIpc) is 3.05. The van der Waals surface area contributed by atoms with Crippen molar-refractivity contribution in [3.8, 4) is 0 Å². The van der Waals surface area contributed by atoms with Gasteiger partial charge in [0.15, 0.2) is 0 Å². The second-order valence-electron chi connectivity index (χ2n) is 8.95. The van der Waals surface area contributed by atoms with Crippen LogP contribution in [0.15, 0.2) is 0 Å². The molecule has 126 valence electrons. The van der Waals surface area contributed by atoms with Crippen molar-refractivity contribution in [2.45, 2.75) is 89.1 Å². The minimum absolute atomic E-state index is 1.04. The predicted octanol–water partition coefficient (Wildman–Crippen LogP) is 1.46. The SMILES string of the molecule is C1CCC(C[NH+]2CC[NH+]3CCC[C@@H]3[C@@H]2C2CCCCC2)CC1. The third-order valence-corrected chi connectivity index (χ3v) is 7.64. The summed E-state index contributed by atoms with van der Waals surface area (Å²) >= 11 is 0. The number of rotatable bonds is 3. The molecular formula is C20H38N2+2. The Bertz CT molecular complexity index is 344. The third kappa shape index (κ3) is 3.24. The van der Waals surface area contributed by atoms with Crippen molar-refractivity contribution in [2.75, 3.05) is 26.2 Å². The van der Waals surface area contributed by atoms with Crippen molar-refractivity contribution < 1.29 is 9.80 Å². The average molecular weight is 307 g/mol. The molecule has 2 nitrogen and oxygen atoms in total. The first-order chi connectivity index (χ1) is 10.9. The van der Waals surface area contributed by atoms with E-state index in [-0.39, 0.29) is 0 Å². The highest BCUT2D eigenvalue weighted by Gasteiger charge is 2.49. The molecule has 22 heavy (non-hydrogen) atoms. The summed E-state index contributed by atoms with van der Waals surface area (Å²) in [5, 5.41) is 0. The Morgan fingerprint density at radius 2 is 1.36 bits per heavy atom. The number of quaternary nitrogens is 2. The van der Waals surface area contributed by atoms with E-state index in [4.69, 9.17) is 0 Å². The fraction of sp³-hybridized carbons (Fsp3) is 1.00. The van der Waals surface area contributed by atoms with Gasteiger partial charge in [0, 0.05) is 24.7 Å². The summed E-state index contributed by atoms with van der Waals surface area (Å²) in [6, 6.07) is 2.07. The first kappa shape index (κ1) is 15.4. The number of nitrogens with one attached hydrogen (secondary N) is 2. The van der Waals surface area contributed by atoms with Crippen LogP contribution in [0.5, 0.6) is 0 Å². The third-order valence-electron chi connectivity index (χ3n) is 7.64. The van der Waals surface area contributed by atoms with Gasteiger partial charge in [0.05, 0.1) is 13.1 Å². The minimum atomic E-state index is 1.04. The topological polar surface area (TPSA) is 8.88 Å². The van der Waals surface area contributed by atoms with Crippen molar-refractivity contribution in [3.05, 3.63) is 0 Å². The molecule has 2 heterocycles. The van der Waals surface area contributed by atoms with Crippen LogP contribution >= 0.6 is 0 Å². The second-order valence-corrected chi connectivity index (χ2v) is 8.95. The molecular weight excluding hydrogens is 268 g/mol. The maximum Gasteiger partial charge on any atom is 0.143 e. The number of hydrogen-bond acceptors (Lipinski definition) is 0. The molecule has 0 amide bonds. The Balaban J connectivity index is 1.46. The lowest BCUT2D eigenvalue weighted by atomic mass is 9.78. The minimum Gasteiger partial charge on any atom is -0.323 e. The second kappa shape index (κ2) is 7.21. The Hall–Kier alpha value is -0.0800. The standard InChI is InChI=1S/C20H36N2/c1-3-8-17(9-4-1)16-22-15-14-21-13-7-12-19(21)20(22)18-10-5-2-6-11-18/h17-20H,1-16H2/p+2/t19-,20+/m1/s1. The summed E-state index contributed by atoms with van der Waals surface area (Å²) < 4.78 is 0. The van der Waals surface area contributed by atoms with Gasteiger partial charge in [-0.2, -0.15) is 0 Å². The van der Waals surface area contributed by atoms with Gasteiger partial charge in [0.1, 0.15) is 25.2 Å². The highest BCUT2D eigenvalue weighted by atomic mass is 15.3. The quantitative estimate of drug-likeness (QED) is 0.781. The van der Waals surface area contributed by atoms with Crippen LogP contribution in [0.3, 0.4) is 0 Å². The predicted molar refractivity (Wildman–Crippen MR) is 91.4 cm³/mol. The van der Waals surface area contributed by atoms with Gasteiger partial charge >= 0.3 is 0 Å². The molecule has 2 N–H and O–H groups in total. The summed E-state index contributed by atoms with van der Waals surface area (Å²) in [4.78, 5) is 4.07. The summed E-state index contributed by atoms with van der Waals surface area (Å²) in [6.07, 6.45) is 18.4. The van der Waals surface area contributed by atoms with Gasteiger partial charge in [-0.3, -0.25) is 0 Å². The summed E-state index contributed by atoms with van der Waals surface area (Å²) in [7, 11) is 0. The van der Waals surface area contributed by atoms with Gasteiger partial charge in [-0.15, -0.1) is 0 Å². The highest BCUT2D eigenvalue weighted by Crippen LogP contribution is 2.29. The molecule has 0 bridgehead atoms. The zero-order valence-electron chi connectivity index (χ0n) is 14.6. The highest BCUT2D eigenvalue weighted by molar-refractivity contribution is 4.83. The molecule has 4 aliphatic rings. The van der Waals surface area contributed by atoms with Crippen LogP contribution in [0.1, 0.15) is 77.0 Å². The van der Waals surface area contributed by atoms with Crippen LogP contribution in [0.4, 0.5) is 0 Å².